The SMILES string of the molecule is C#CC(C)OCC(COC(C)C#C)COP(=O)(OF)OF. The molecule has 2 atom stereocenters. The fourth-order valence-electron chi connectivity index (χ4n) is 1.05. The molecule has 0 spiro atoms. The van der Waals surface area contributed by atoms with Gasteiger partial charge in [-0.25, -0.2) is 4.57 Å². The molecule has 0 saturated carbocycles. The maximum absolute atomic E-state index is 11.9. The first-order chi connectivity index (χ1) is 9.90. The molecule has 0 aromatic heterocycles. The van der Waals surface area contributed by atoms with Gasteiger partial charge in [0.25, 0.3) is 0 Å². The first kappa shape index (κ1) is 20.0. The molecule has 0 saturated heterocycles. The van der Waals surface area contributed by atoms with Gasteiger partial charge in [-0.2, -0.15) is 0 Å². The molecule has 0 rings (SSSR count). The van der Waals surface area contributed by atoms with Gasteiger partial charge in [-0.15, -0.1) is 12.8 Å². The van der Waals surface area contributed by atoms with E-state index in [2.05, 4.69) is 25.8 Å². The molecular formula is C12H17F2O6P. The summed E-state index contributed by atoms with van der Waals surface area (Å²) in [5.74, 6) is 4.12. The zero-order valence-corrected chi connectivity index (χ0v) is 12.6. The summed E-state index contributed by atoms with van der Waals surface area (Å²) in [6, 6.07) is 0. The minimum absolute atomic E-state index is 0.0290. The third kappa shape index (κ3) is 8.79. The second-order valence-electron chi connectivity index (χ2n) is 4.03. The van der Waals surface area contributed by atoms with E-state index in [9.17, 15) is 13.6 Å². The van der Waals surface area contributed by atoms with Crippen molar-refractivity contribution in [1.82, 2.24) is 0 Å². The van der Waals surface area contributed by atoms with Gasteiger partial charge in [-0.1, -0.05) is 21.3 Å². The van der Waals surface area contributed by atoms with E-state index in [0.29, 0.717) is 0 Å². The van der Waals surface area contributed by atoms with Crippen molar-refractivity contribution >= 4 is 7.82 Å². The highest BCUT2D eigenvalue weighted by Gasteiger charge is 2.31. The number of rotatable bonds is 11. The molecule has 120 valence electrons. The Balaban J connectivity index is 4.47. The van der Waals surface area contributed by atoms with E-state index in [1.54, 1.807) is 13.8 Å². The molecule has 0 aliphatic rings. The van der Waals surface area contributed by atoms with Crippen LogP contribution in [0, 0.1) is 30.6 Å². The van der Waals surface area contributed by atoms with Gasteiger partial charge in [-0.05, 0) is 22.9 Å². The number of hydrogen-bond acceptors (Lipinski definition) is 6. The average molecular weight is 326 g/mol. The summed E-state index contributed by atoms with van der Waals surface area (Å²) < 4.78 is 55.4. The molecule has 0 aromatic rings. The van der Waals surface area contributed by atoms with E-state index < -0.39 is 32.6 Å². The van der Waals surface area contributed by atoms with Crippen LogP contribution < -0.4 is 0 Å². The molecule has 0 heterocycles. The Morgan fingerprint density at radius 1 is 1.00 bits per heavy atom. The van der Waals surface area contributed by atoms with E-state index in [0.717, 1.165) is 0 Å². The molecule has 0 aliphatic heterocycles. The van der Waals surface area contributed by atoms with Gasteiger partial charge in [0.2, 0.25) is 0 Å². The lowest BCUT2D eigenvalue weighted by Crippen LogP contribution is -2.25. The van der Waals surface area contributed by atoms with Crippen molar-refractivity contribution in [2.24, 2.45) is 5.92 Å². The van der Waals surface area contributed by atoms with Crippen LogP contribution in [0.4, 0.5) is 9.05 Å². The third-order valence-electron chi connectivity index (χ3n) is 2.27. The Morgan fingerprint density at radius 2 is 1.43 bits per heavy atom. The van der Waals surface area contributed by atoms with Gasteiger partial charge in [0.1, 0.15) is 12.2 Å². The molecule has 0 N–H and O–H groups in total. The van der Waals surface area contributed by atoms with Gasteiger partial charge < -0.3 is 9.47 Å². The van der Waals surface area contributed by atoms with Crippen LogP contribution in [0.2, 0.25) is 0 Å². The van der Waals surface area contributed by atoms with Crippen LogP contribution in [0.15, 0.2) is 0 Å². The summed E-state index contributed by atoms with van der Waals surface area (Å²) in [6.07, 6.45) is 9.31. The maximum atomic E-state index is 11.9. The van der Waals surface area contributed by atoms with Crippen LogP contribution in [-0.4, -0.2) is 32.0 Å². The van der Waals surface area contributed by atoms with Crippen molar-refractivity contribution in [2.75, 3.05) is 19.8 Å². The van der Waals surface area contributed by atoms with Crippen LogP contribution in [-0.2, 0) is 28.0 Å². The second kappa shape index (κ2) is 10.7. The summed E-state index contributed by atoms with van der Waals surface area (Å²) in [5, 5.41) is 0. The Morgan fingerprint density at radius 3 is 1.76 bits per heavy atom. The van der Waals surface area contributed by atoms with Crippen molar-refractivity contribution in [3.8, 4) is 24.7 Å². The summed E-state index contributed by atoms with van der Waals surface area (Å²) >= 11 is 0. The lowest BCUT2D eigenvalue weighted by atomic mass is 10.2. The highest BCUT2D eigenvalue weighted by Crippen LogP contribution is 2.50. The summed E-state index contributed by atoms with van der Waals surface area (Å²) in [7, 11) is -4.87. The van der Waals surface area contributed by atoms with Crippen LogP contribution in [0.5, 0.6) is 0 Å². The van der Waals surface area contributed by atoms with Crippen LogP contribution in [0.25, 0.3) is 0 Å². The van der Waals surface area contributed by atoms with Crippen molar-refractivity contribution in [3.63, 3.8) is 0 Å². The molecule has 2 unspecified atom stereocenters. The van der Waals surface area contributed by atoms with Gasteiger partial charge in [0.15, 0.2) is 0 Å². The van der Waals surface area contributed by atoms with Crippen LogP contribution in [0.3, 0.4) is 0 Å². The number of ether oxygens (including phenoxy) is 2. The fourth-order valence-corrected chi connectivity index (χ4v) is 1.54. The second-order valence-corrected chi connectivity index (χ2v) is 5.46. The first-order valence-electron chi connectivity index (χ1n) is 5.91. The standard InChI is InChI=1S/C12H17F2O6P/c1-5-10(3)16-7-12(8-17-11(4)6-2)9-18-21(15,19-13)20-14/h1-2,10-12H,7-9H2,3-4H3. The molecule has 21 heavy (non-hydrogen) atoms. The van der Waals surface area contributed by atoms with E-state index in [1.165, 1.54) is 0 Å². The normalized spacial score (nSPS) is 15.7. The zero-order chi connectivity index (χ0) is 16.3. The van der Waals surface area contributed by atoms with E-state index in [1.807, 2.05) is 0 Å². The fraction of sp³-hybridized carbons (Fsp3) is 0.667. The predicted octanol–water partition coefficient (Wildman–Crippen LogP) is 2.61. The molecule has 9 heteroatoms. The Bertz CT molecular complexity index is 387. The lowest BCUT2D eigenvalue weighted by Gasteiger charge is -2.20. The number of phosphoric acid groups is 1. The molecule has 0 aliphatic carbocycles. The summed E-state index contributed by atoms with van der Waals surface area (Å²) in [5.41, 5.74) is 0. The highest BCUT2D eigenvalue weighted by atomic mass is 31.2. The predicted molar refractivity (Wildman–Crippen MR) is 69.9 cm³/mol. The van der Waals surface area contributed by atoms with E-state index >= 15 is 0 Å². The van der Waals surface area contributed by atoms with E-state index in [-0.39, 0.29) is 13.2 Å². The zero-order valence-electron chi connectivity index (χ0n) is 11.7. The summed E-state index contributed by atoms with van der Waals surface area (Å²) in [4.78, 5) is 0. The van der Waals surface area contributed by atoms with Crippen molar-refractivity contribution < 1.29 is 37.1 Å². The Hall–Kier alpha value is -0.990. The maximum Gasteiger partial charge on any atom is 0.537 e. The largest absolute Gasteiger partial charge is 0.537 e. The molecule has 6 nitrogen and oxygen atoms in total. The number of hydrogen-bond donors (Lipinski definition) is 0. The van der Waals surface area contributed by atoms with Gasteiger partial charge in [-0.3, -0.25) is 4.52 Å². The Kier molecular flexibility index (Phi) is 10.2. The topological polar surface area (TPSA) is 63.2 Å². The molecule has 0 aromatic carbocycles. The van der Waals surface area contributed by atoms with Crippen LogP contribution >= 0.6 is 7.82 Å². The van der Waals surface area contributed by atoms with Crippen molar-refractivity contribution in [3.05, 3.63) is 0 Å². The van der Waals surface area contributed by atoms with Gasteiger partial charge in [0.05, 0.1) is 19.8 Å². The average Bonchev–Trinajstić information content (AvgIpc) is 2.52. The van der Waals surface area contributed by atoms with E-state index in [4.69, 9.17) is 22.3 Å². The molecule has 0 amide bonds. The van der Waals surface area contributed by atoms with Gasteiger partial charge in [0, 0.05) is 5.92 Å². The molecule has 0 bridgehead atoms. The highest BCUT2D eigenvalue weighted by molar-refractivity contribution is 7.48. The monoisotopic (exact) mass is 326 g/mol. The third-order valence-corrected chi connectivity index (χ3v) is 3.07. The molecule has 0 radical (unpaired) electrons. The molecular weight excluding hydrogens is 309 g/mol. The quantitative estimate of drug-likeness (QED) is 0.430. The smallest absolute Gasteiger partial charge is 0.365 e. The van der Waals surface area contributed by atoms with Crippen LogP contribution in [0.1, 0.15) is 13.8 Å². The minimum Gasteiger partial charge on any atom is -0.365 e. The summed E-state index contributed by atoms with van der Waals surface area (Å²) in [6.45, 7) is 2.90. The first-order valence-corrected chi connectivity index (χ1v) is 7.37. The number of terminal acetylenes is 2. The molecule has 0 fully saturated rings. The van der Waals surface area contributed by atoms with Crippen molar-refractivity contribution in [1.29, 1.82) is 0 Å². The Labute approximate surface area is 122 Å². The lowest BCUT2D eigenvalue weighted by molar-refractivity contribution is -0.122. The number of halogens is 2. The minimum atomic E-state index is -4.87. The van der Waals surface area contributed by atoms with Gasteiger partial charge >= 0.3 is 7.82 Å². The van der Waals surface area contributed by atoms with Crippen molar-refractivity contribution in [2.45, 2.75) is 26.1 Å².